The molecule has 0 amide bonds. The molecule has 3 heteroatoms. The molecule has 96 valence electrons. The van der Waals surface area contributed by atoms with Crippen molar-refractivity contribution in [2.24, 2.45) is 4.99 Å². The van der Waals surface area contributed by atoms with E-state index in [1.54, 1.807) is 12.3 Å². The van der Waals surface area contributed by atoms with Crippen LogP contribution in [0.2, 0.25) is 0 Å². The van der Waals surface area contributed by atoms with Gasteiger partial charge in [-0.15, -0.1) is 0 Å². The molecule has 0 aliphatic rings. The van der Waals surface area contributed by atoms with Crippen molar-refractivity contribution in [3.63, 3.8) is 0 Å². The molecule has 2 aromatic carbocycles. The molecule has 19 heavy (non-hydrogen) atoms. The fourth-order valence-corrected chi connectivity index (χ4v) is 1.89. The maximum absolute atomic E-state index is 5.62. The van der Waals surface area contributed by atoms with Crippen LogP contribution in [0.4, 0.5) is 5.69 Å². The van der Waals surface area contributed by atoms with E-state index in [1.165, 1.54) is 0 Å². The Morgan fingerprint density at radius 2 is 1.95 bits per heavy atom. The first-order valence-corrected chi connectivity index (χ1v) is 6.71. The number of ether oxygens (including phenoxy) is 1. The van der Waals surface area contributed by atoms with Crippen LogP contribution in [-0.2, 0) is 0 Å². The highest BCUT2D eigenvalue weighted by molar-refractivity contribution is 9.10. The van der Waals surface area contributed by atoms with E-state index in [4.69, 9.17) is 4.74 Å². The summed E-state index contributed by atoms with van der Waals surface area (Å²) in [6, 6.07) is 15.7. The fourth-order valence-electron chi connectivity index (χ4n) is 1.55. The maximum atomic E-state index is 5.62. The van der Waals surface area contributed by atoms with Crippen LogP contribution in [-0.4, -0.2) is 12.8 Å². The van der Waals surface area contributed by atoms with Crippen LogP contribution < -0.4 is 4.74 Å². The Morgan fingerprint density at radius 1 is 1.16 bits per heavy atom. The van der Waals surface area contributed by atoms with Crippen LogP contribution in [0.5, 0.6) is 5.75 Å². The molecule has 0 atom stereocenters. The van der Waals surface area contributed by atoms with Gasteiger partial charge in [-0.1, -0.05) is 46.8 Å². The lowest BCUT2D eigenvalue weighted by atomic mass is 10.2. The molecule has 2 aromatic rings. The predicted octanol–water partition coefficient (Wildman–Crippen LogP) is 4.76. The average Bonchev–Trinajstić information content (AvgIpc) is 2.45. The molecule has 0 spiro atoms. The maximum Gasteiger partial charge on any atom is 0.129 e. The van der Waals surface area contributed by atoms with Gasteiger partial charge in [-0.2, -0.15) is 0 Å². The van der Waals surface area contributed by atoms with Crippen molar-refractivity contribution in [2.75, 3.05) is 6.61 Å². The third-order valence-corrected chi connectivity index (χ3v) is 2.93. The van der Waals surface area contributed by atoms with Gasteiger partial charge in [0.1, 0.15) is 12.4 Å². The van der Waals surface area contributed by atoms with Crippen molar-refractivity contribution in [2.45, 2.75) is 0 Å². The normalized spacial score (nSPS) is 10.6. The molecule has 0 fully saturated rings. The molecular weight excluding hydrogens is 302 g/mol. The zero-order chi connectivity index (χ0) is 13.5. The number of benzene rings is 2. The van der Waals surface area contributed by atoms with E-state index in [2.05, 4.69) is 27.5 Å². The van der Waals surface area contributed by atoms with Crippen molar-refractivity contribution >= 4 is 27.8 Å². The van der Waals surface area contributed by atoms with E-state index in [0.29, 0.717) is 6.61 Å². The van der Waals surface area contributed by atoms with Gasteiger partial charge in [0.15, 0.2) is 0 Å². The van der Waals surface area contributed by atoms with Crippen LogP contribution in [0.25, 0.3) is 0 Å². The molecule has 0 radical (unpaired) electrons. The summed E-state index contributed by atoms with van der Waals surface area (Å²) in [5, 5.41) is 0. The van der Waals surface area contributed by atoms with E-state index in [9.17, 15) is 0 Å². The van der Waals surface area contributed by atoms with Crippen molar-refractivity contribution in [3.05, 3.63) is 71.2 Å². The quantitative estimate of drug-likeness (QED) is 0.575. The molecule has 2 rings (SSSR count). The largest absolute Gasteiger partial charge is 0.489 e. The number of para-hydroxylation sites is 1. The minimum absolute atomic E-state index is 0.475. The molecule has 0 unspecified atom stereocenters. The van der Waals surface area contributed by atoms with E-state index >= 15 is 0 Å². The Bertz CT molecular complexity index is 579. The molecular formula is C16H14BrNO. The summed E-state index contributed by atoms with van der Waals surface area (Å²) < 4.78 is 6.59. The zero-order valence-electron chi connectivity index (χ0n) is 10.4. The summed E-state index contributed by atoms with van der Waals surface area (Å²) in [6.07, 6.45) is 3.53. The standard InChI is InChI=1S/C16H14BrNO/c1-2-10-19-16-11-14(17)9-8-13(16)12-18-15-6-4-3-5-7-15/h2-9,11-12H,1,10H2. The smallest absolute Gasteiger partial charge is 0.129 e. The van der Waals surface area contributed by atoms with Gasteiger partial charge in [0.05, 0.1) is 5.69 Å². The van der Waals surface area contributed by atoms with E-state index < -0.39 is 0 Å². The van der Waals surface area contributed by atoms with Crippen LogP contribution in [0.15, 0.2) is 70.7 Å². The molecule has 0 saturated heterocycles. The fraction of sp³-hybridized carbons (Fsp3) is 0.0625. The summed E-state index contributed by atoms with van der Waals surface area (Å²) in [7, 11) is 0. The predicted molar refractivity (Wildman–Crippen MR) is 83.5 cm³/mol. The lowest BCUT2D eigenvalue weighted by Gasteiger charge is -2.07. The molecule has 0 saturated carbocycles. The lowest BCUT2D eigenvalue weighted by molar-refractivity contribution is 0.362. The van der Waals surface area contributed by atoms with Crippen LogP contribution in [0.1, 0.15) is 5.56 Å². The first kappa shape index (κ1) is 13.6. The van der Waals surface area contributed by atoms with Crippen LogP contribution in [0, 0.1) is 0 Å². The van der Waals surface area contributed by atoms with Gasteiger partial charge in [0.2, 0.25) is 0 Å². The van der Waals surface area contributed by atoms with Crippen LogP contribution in [0.3, 0.4) is 0 Å². The van der Waals surface area contributed by atoms with Crippen molar-refractivity contribution < 1.29 is 4.74 Å². The number of halogens is 1. The number of nitrogens with zero attached hydrogens (tertiary/aromatic N) is 1. The Labute approximate surface area is 121 Å². The summed E-state index contributed by atoms with van der Waals surface area (Å²) in [5.41, 5.74) is 1.86. The van der Waals surface area contributed by atoms with E-state index in [-0.39, 0.29) is 0 Å². The number of hydrogen-bond donors (Lipinski definition) is 0. The van der Waals surface area contributed by atoms with Gasteiger partial charge >= 0.3 is 0 Å². The van der Waals surface area contributed by atoms with Gasteiger partial charge in [-0.25, -0.2) is 0 Å². The highest BCUT2D eigenvalue weighted by atomic mass is 79.9. The Kier molecular flexibility index (Phi) is 4.93. The van der Waals surface area contributed by atoms with Gasteiger partial charge in [-0.05, 0) is 30.3 Å². The van der Waals surface area contributed by atoms with Crippen molar-refractivity contribution in [3.8, 4) is 5.75 Å². The highest BCUT2D eigenvalue weighted by Crippen LogP contribution is 2.23. The average molecular weight is 316 g/mol. The number of hydrogen-bond acceptors (Lipinski definition) is 2. The summed E-state index contributed by atoms with van der Waals surface area (Å²) in [4.78, 5) is 4.43. The highest BCUT2D eigenvalue weighted by Gasteiger charge is 2.02. The Hall–Kier alpha value is -1.87. The second-order valence-electron chi connectivity index (χ2n) is 3.88. The van der Waals surface area contributed by atoms with Gasteiger partial charge in [-0.3, -0.25) is 4.99 Å². The van der Waals surface area contributed by atoms with E-state index in [0.717, 1.165) is 21.5 Å². The second-order valence-corrected chi connectivity index (χ2v) is 4.79. The SMILES string of the molecule is C=CCOc1cc(Br)ccc1C=Nc1ccccc1. The van der Waals surface area contributed by atoms with Gasteiger partial charge in [0.25, 0.3) is 0 Å². The monoisotopic (exact) mass is 315 g/mol. The molecule has 0 bridgehead atoms. The van der Waals surface area contributed by atoms with Crippen molar-refractivity contribution in [1.29, 1.82) is 0 Å². The Balaban J connectivity index is 2.23. The summed E-state index contributed by atoms with van der Waals surface area (Å²) >= 11 is 3.43. The third kappa shape index (κ3) is 4.07. The molecule has 2 nitrogen and oxygen atoms in total. The molecule has 0 aliphatic heterocycles. The second kappa shape index (κ2) is 6.90. The Morgan fingerprint density at radius 3 is 2.68 bits per heavy atom. The van der Waals surface area contributed by atoms with E-state index in [1.807, 2.05) is 48.5 Å². The lowest BCUT2D eigenvalue weighted by Crippen LogP contribution is -1.96. The minimum atomic E-state index is 0.475. The number of aliphatic imine (C=N–C) groups is 1. The third-order valence-electron chi connectivity index (χ3n) is 2.44. The molecule has 0 N–H and O–H groups in total. The number of rotatable bonds is 5. The van der Waals surface area contributed by atoms with Crippen LogP contribution >= 0.6 is 15.9 Å². The van der Waals surface area contributed by atoms with Crippen molar-refractivity contribution in [1.82, 2.24) is 0 Å². The molecule has 0 aliphatic carbocycles. The first-order chi connectivity index (χ1) is 9.29. The van der Waals surface area contributed by atoms with Gasteiger partial charge < -0.3 is 4.74 Å². The topological polar surface area (TPSA) is 21.6 Å². The molecule has 0 heterocycles. The summed E-state index contributed by atoms with van der Waals surface area (Å²) in [6.45, 7) is 4.13. The summed E-state index contributed by atoms with van der Waals surface area (Å²) in [5.74, 6) is 0.786. The van der Waals surface area contributed by atoms with Gasteiger partial charge in [0, 0.05) is 16.3 Å². The zero-order valence-corrected chi connectivity index (χ0v) is 12.0. The molecule has 0 aromatic heterocycles. The minimum Gasteiger partial charge on any atom is -0.489 e. The first-order valence-electron chi connectivity index (χ1n) is 5.92.